The van der Waals surface area contributed by atoms with Crippen molar-refractivity contribution in [2.75, 3.05) is 12.4 Å². The second-order valence-corrected chi connectivity index (χ2v) is 4.46. The van der Waals surface area contributed by atoms with Gasteiger partial charge < -0.3 is 10.1 Å². The molecular weight excluding hydrogens is 254 g/mol. The zero-order valence-corrected chi connectivity index (χ0v) is 11.5. The molecule has 6 heteroatoms. The summed E-state index contributed by atoms with van der Waals surface area (Å²) in [5.41, 5.74) is -0.402. The van der Waals surface area contributed by atoms with Crippen molar-refractivity contribution in [3.8, 4) is 0 Å². The van der Waals surface area contributed by atoms with Crippen LogP contribution in [-0.2, 0) is 10.7 Å². The largest absolute Gasteiger partial charge is 0.465 e. The summed E-state index contributed by atoms with van der Waals surface area (Å²) in [6.45, 7) is 4.59. The van der Waals surface area contributed by atoms with Crippen LogP contribution in [-0.4, -0.2) is 24.1 Å². The van der Waals surface area contributed by atoms with Gasteiger partial charge in [0.1, 0.15) is 11.5 Å². The Morgan fingerprint density at radius 2 is 2.16 bits per heavy atom. The number of hydrogen-bond donors (Lipinski definition) is 1. The van der Waals surface area contributed by atoms with Crippen molar-refractivity contribution in [2.24, 2.45) is 0 Å². The summed E-state index contributed by atoms with van der Waals surface area (Å²) in [6, 6.07) is 2.53. The molecule has 1 aromatic rings. The maximum Gasteiger partial charge on any atom is 0.338 e. The molecule has 0 aliphatic rings. The summed E-state index contributed by atoms with van der Waals surface area (Å²) in [5.74, 6) is -3.54. The highest BCUT2D eigenvalue weighted by Gasteiger charge is 2.28. The first-order valence-corrected chi connectivity index (χ1v) is 6.03. The third kappa shape index (κ3) is 4.15. The summed E-state index contributed by atoms with van der Waals surface area (Å²) < 4.78 is 31.3. The van der Waals surface area contributed by atoms with Gasteiger partial charge in [0.25, 0.3) is 5.92 Å². The third-order valence-electron chi connectivity index (χ3n) is 2.70. The minimum Gasteiger partial charge on any atom is -0.465 e. The van der Waals surface area contributed by atoms with Gasteiger partial charge in [-0.25, -0.2) is 9.78 Å². The molecule has 0 saturated carbocycles. The van der Waals surface area contributed by atoms with Gasteiger partial charge in [-0.3, -0.25) is 0 Å². The Kier molecular flexibility index (Phi) is 4.80. The lowest BCUT2D eigenvalue weighted by atomic mass is 10.1. The van der Waals surface area contributed by atoms with E-state index in [2.05, 4.69) is 15.0 Å². The number of alkyl halides is 2. The number of halogens is 2. The van der Waals surface area contributed by atoms with E-state index < -0.39 is 17.6 Å². The predicted octanol–water partition coefficient (Wildman–Crippen LogP) is 3.19. The van der Waals surface area contributed by atoms with E-state index in [1.54, 1.807) is 0 Å². The Balaban J connectivity index is 3.20. The van der Waals surface area contributed by atoms with E-state index in [1.165, 1.54) is 13.2 Å². The lowest BCUT2D eigenvalue weighted by Crippen LogP contribution is -2.18. The number of carbonyl (C=O) groups excluding carboxylic acids is 1. The first kappa shape index (κ1) is 15.3. The minimum atomic E-state index is -3.12. The maximum absolute atomic E-state index is 13.4. The van der Waals surface area contributed by atoms with Crippen molar-refractivity contribution in [3.63, 3.8) is 0 Å². The van der Waals surface area contributed by atoms with Crippen molar-refractivity contribution in [1.82, 2.24) is 4.98 Å². The Bertz CT molecular complexity index is 458. The Morgan fingerprint density at radius 3 is 2.63 bits per heavy atom. The van der Waals surface area contributed by atoms with Gasteiger partial charge in [-0.15, -0.1) is 0 Å². The van der Waals surface area contributed by atoms with Gasteiger partial charge >= 0.3 is 5.97 Å². The highest BCUT2D eigenvalue weighted by atomic mass is 19.3. The number of methoxy groups -OCH3 is 1. The van der Waals surface area contributed by atoms with E-state index in [9.17, 15) is 13.6 Å². The molecule has 1 rings (SSSR count). The van der Waals surface area contributed by atoms with Crippen LogP contribution in [0.1, 0.15) is 43.2 Å². The number of rotatable bonds is 5. The number of aromatic nitrogens is 1. The molecule has 0 aliphatic heterocycles. The molecule has 0 bridgehead atoms. The van der Waals surface area contributed by atoms with Crippen LogP contribution in [0.25, 0.3) is 0 Å². The second-order valence-electron chi connectivity index (χ2n) is 4.46. The molecular formula is C13H18F2N2O2. The molecule has 0 spiro atoms. The number of carbonyl (C=O) groups is 1. The first-order valence-electron chi connectivity index (χ1n) is 6.03. The van der Waals surface area contributed by atoms with Crippen LogP contribution >= 0.6 is 0 Å². The standard InChI is InChI=1S/C13H18F2N2O2/c1-5-8(2)16-11-7-9(12(18)19-4)6-10(17-11)13(3,14)15/h6-8H,5H2,1-4H3,(H,16,17). The summed E-state index contributed by atoms with van der Waals surface area (Å²) in [6.07, 6.45) is 0.808. The highest BCUT2D eigenvalue weighted by molar-refractivity contribution is 5.90. The summed E-state index contributed by atoms with van der Waals surface area (Å²) >= 11 is 0. The molecule has 0 fully saturated rings. The van der Waals surface area contributed by atoms with E-state index in [0.717, 1.165) is 19.4 Å². The number of nitrogens with zero attached hydrogens (tertiary/aromatic N) is 1. The van der Waals surface area contributed by atoms with Crippen molar-refractivity contribution in [3.05, 3.63) is 23.4 Å². The van der Waals surface area contributed by atoms with Crippen molar-refractivity contribution < 1.29 is 18.3 Å². The van der Waals surface area contributed by atoms with Crippen molar-refractivity contribution in [1.29, 1.82) is 0 Å². The second kappa shape index (κ2) is 5.95. The SMILES string of the molecule is CCC(C)Nc1cc(C(=O)OC)cc(C(C)(F)F)n1. The van der Waals surface area contributed by atoms with Crippen LogP contribution < -0.4 is 5.32 Å². The van der Waals surface area contributed by atoms with Crippen LogP contribution in [0.15, 0.2) is 12.1 Å². The summed E-state index contributed by atoms with van der Waals surface area (Å²) in [4.78, 5) is 15.3. The molecule has 0 amide bonds. The highest BCUT2D eigenvalue weighted by Crippen LogP contribution is 2.27. The molecule has 0 saturated heterocycles. The van der Waals surface area contributed by atoms with Crippen LogP contribution in [0.4, 0.5) is 14.6 Å². The average Bonchev–Trinajstić information content (AvgIpc) is 2.36. The number of ether oxygens (including phenoxy) is 1. The smallest absolute Gasteiger partial charge is 0.338 e. The molecule has 1 N–H and O–H groups in total. The van der Waals surface area contributed by atoms with E-state index in [-0.39, 0.29) is 17.4 Å². The Morgan fingerprint density at radius 1 is 1.53 bits per heavy atom. The van der Waals surface area contributed by atoms with Crippen LogP contribution in [0.2, 0.25) is 0 Å². The molecule has 4 nitrogen and oxygen atoms in total. The molecule has 1 unspecified atom stereocenters. The molecule has 1 heterocycles. The van der Waals surface area contributed by atoms with Crippen LogP contribution in [0, 0.1) is 0 Å². The fourth-order valence-corrected chi connectivity index (χ4v) is 1.42. The van der Waals surface area contributed by atoms with Gasteiger partial charge in [-0.05, 0) is 25.5 Å². The topological polar surface area (TPSA) is 51.2 Å². The summed E-state index contributed by atoms with van der Waals surface area (Å²) in [5, 5.41) is 2.97. The van der Waals surface area contributed by atoms with Crippen molar-refractivity contribution in [2.45, 2.75) is 39.2 Å². The molecule has 1 atom stereocenters. The van der Waals surface area contributed by atoms with Crippen molar-refractivity contribution >= 4 is 11.8 Å². The first-order chi connectivity index (χ1) is 8.77. The molecule has 0 aliphatic carbocycles. The van der Waals surface area contributed by atoms with Crippen LogP contribution in [0.5, 0.6) is 0 Å². The van der Waals surface area contributed by atoms with Gasteiger partial charge in [0.15, 0.2) is 0 Å². The van der Waals surface area contributed by atoms with Gasteiger partial charge in [0, 0.05) is 13.0 Å². The lowest BCUT2D eigenvalue weighted by molar-refractivity contribution is 0.0128. The van der Waals surface area contributed by atoms with Gasteiger partial charge in [0.2, 0.25) is 0 Å². The molecule has 0 aromatic carbocycles. The number of pyridine rings is 1. The number of anilines is 1. The van der Waals surface area contributed by atoms with E-state index >= 15 is 0 Å². The summed E-state index contributed by atoms with van der Waals surface area (Å²) in [7, 11) is 1.20. The normalized spacial score (nSPS) is 12.9. The Labute approximate surface area is 111 Å². The molecule has 19 heavy (non-hydrogen) atoms. The Hall–Kier alpha value is -1.72. The zero-order chi connectivity index (χ0) is 14.6. The third-order valence-corrected chi connectivity index (χ3v) is 2.70. The maximum atomic E-state index is 13.4. The predicted molar refractivity (Wildman–Crippen MR) is 68.5 cm³/mol. The van der Waals surface area contributed by atoms with Gasteiger partial charge in [-0.2, -0.15) is 8.78 Å². The molecule has 0 radical (unpaired) electrons. The zero-order valence-electron chi connectivity index (χ0n) is 11.5. The number of nitrogens with one attached hydrogen (secondary N) is 1. The fraction of sp³-hybridized carbons (Fsp3) is 0.538. The number of esters is 1. The lowest BCUT2D eigenvalue weighted by Gasteiger charge is -2.16. The monoisotopic (exact) mass is 272 g/mol. The van der Waals surface area contributed by atoms with Gasteiger partial charge in [0.05, 0.1) is 12.7 Å². The average molecular weight is 272 g/mol. The van der Waals surface area contributed by atoms with E-state index in [4.69, 9.17) is 0 Å². The fourth-order valence-electron chi connectivity index (χ4n) is 1.42. The van der Waals surface area contributed by atoms with E-state index in [1.807, 2.05) is 13.8 Å². The van der Waals surface area contributed by atoms with E-state index in [0.29, 0.717) is 0 Å². The van der Waals surface area contributed by atoms with Gasteiger partial charge in [-0.1, -0.05) is 6.92 Å². The molecule has 1 aromatic heterocycles. The minimum absolute atomic E-state index is 0.0554. The number of hydrogen-bond acceptors (Lipinski definition) is 4. The van der Waals surface area contributed by atoms with Crippen LogP contribution in [0.3, 0.4) is 0 Å². The molecule has 106 valence electrons. The quantitative estimate of drug-likeness (QED) is 0.836.